The Bertz CT molecular complexity index is 624. The Morgan fingerprint density at radius 2 is 1.86 bits per heavy atom. The van der Waals surface area contributed by atoms with E-state index in [1.165, 1.54) is 0 Å². The van der Waals surface area contributed by atoms with Gasteiger partial charge in [0.2, 0.25) is 0 Å². The molecule has 0 bridgehead atoms. The van der Waals surface area contributed by atoms with Crippen LogP contribution in [0.25, 0.3) is 0 Å². The van der Waals surface area contributed by atoms with Gasteiger partial charge in [0.25, 0.3) is 5.91 Å². The fraction of sp³-hybridized carbons (Fsp3) is 0.235. The summed E-state index contributed by atoms with van der Waals surface area (Å²) in [5, 5.41) is 2.81. The van der Waals surface area contributed by atoms with E-state index in [9.17, 15) is 9.59 Å². The lowest BCUT2D eigenvalue weighted by Crippen LogP contribution is -2.26. The number of amides is 1. The third-order valence-electron chi connectivity index (χ3n) is 3.09. The lowest BCUT2D eigenvalue weighted by atomic mass is 10.0. The maximum absolute atomic E-state index is 12.2. The van der Waals surface area contributed by atoms with Gasteiger partial charge in [-0.15, -0.1) is 0 Å². The van der Waals surface area contributed by atoms with Crippen LogP contribution in [0.5, 0.6) is 0 Å². The number of rotatable bonds is 6. The highest BCUT2D eigenvalue weighted by molar-refractivity contribution is 6.00. The molecule has 4 nitrogen and oxygen atoms in total. The molecule has 0 unspecified atom stereocenters. The van der Waals surface area contributed by atoms with E-state index in [1.807, 2.05) is 25.1 Å². The van der Waals surface area contributed by atoms with Crippen LogP contribution in [0.15, 0.2) is 48.7 Å². The second kappa shape index (κ2) is 7.33. The number of benzene rings is 1. The minimum atomic E-state index is -0.180. The van der Waals surface area contributed by atoms with E-state index in [-0.39, 0.29) is 18.1 Å². The smallest absolute Gasteiger partial charge is 0.253 e. The van der Waals surface area contributed by atoms with Gasteiger partial charge in [-0.2, -0.15) is 0 Å². The van der Waals surface area contributed by atoms with Gasteiger partial charge in [-0.1, -0.05) is 37.3 Å². The number of nitrogens with one attached hydrogen (secondary N) is 1. The summed E-state index contributed by atoms with van der Waals surface area (Å²) in [7, 11) is 0. The first-order chi connectivity index (χ1) is 10.2. The average Bonchev–Trinajstić information content (AvgIpc) is 2.54. The van der Waals surface area contributed by atoms with E-state index in [0.717, 1.165) is 6.42 Å². The SMILES string of the molecule is CCCNC(=O)c1cccnc1CC(=O)c1ccccc1. The standard InChI is InChI=1S/C17H18N2O2/c1-2-10-19-17(21)14-9-6-11-18-15(14)12-16(20)13-7-4-3-5-8-13/h3-9,11H,2,10,12H2,1H3,(H,19,21). The molecule has 0 saturated heterocycles. The van der Waals surface area contributed by atoms with Crippen LogP contribution < -0.4 is 5.32 Å². The van der Waals surface area contributed by atoms with Crippen molar-refractivity contribution in [2.75, 3.05) is 6.54 Å². The zero-order chi connectivity index (χ0) is 15.1. The Morgan fingerprint density at radius 3 is 2.57 bits per heavy atom. The summed E-state index contributed by atoms with van der Waals surface area (Å²) in [4.78, 5) is 28.5. The number of aromatic nitrogens is 1. The van der Waals surface area contributed by atoms with Crippen LogP contribution in [0.4, 0.5) is 0 Å². The van der Waals surface area contributed by atoms with Crippen molar-refractivity contribution in [2.45, 2.75) is 19.8 Å². The van der Waals surface area contributed by atoms with Gasteiger partial charge in [-0.25, -0.2) is 0 Å². The zero-order valence-electron chi connectivity index (χ0n) is 12.0. The second-order valence-electron chi connectivity index (χ2n) is 4.72. The molecule has 0 radical (unpaired) electrons. The molecule has 2 rings (SSSR count). The molecule has 1 aromatic carbocycles. The largest absolute Gasteiger partial charge is 0.352 e. The number of carbonyl (C=O) groups is 2. The van der Waals surface area contributed by atoms with Crippen LogP contribution in [0, 0.1) is 0 Å². The molecule has 4 heteroatoms. The second-order valence-corrected chi connectivity index (χ2v) is 4.72. The van der Waals surface area contributed by atoms with Crippen LogP contribution in [-0.2, 0) is 6.42 Å². The summed E-state index contributed by atoms with van der Waals surface area (Å²) in [6, 6.07) is 12.4. The predicted molar refractivity (Wildman–Crippen MR) is 81.3 cm³/mol. The first kappa shape index (κ1) is 14.9. The molecule has 0 fully saturated rings. The van der Waals surface area contributed by atoms with Crippen molar-refractivity contribution >= 4 is 11.7 Å². The average molecular weight is 282 g/mol. The number of Topliss-reactive ketones (excluding diaryl/α,β-unsaturated/α-hetero) is 1. The van der Waals surface area contributed by atoms with Crippen LogP contribution in [0.3, 0.4) is 0 Å². The van der Waals surface area contributed by atoms with Gasteiger partial charge >= 0.3 is 0 Å². The summed E-state index contributed by atoms with van der Waals surface area (Å²) in [5.41, 5.74) is 1.61. The molecule has 1 amide bonds. The van der Waals surface area contributed by atoms with Crippen LogP contribution in [0.1, 0.15) is 39.8 Å². The number of carbonyl (C=O) groups excluding carboxylic acids is 2. The molecule has 0 aliphatic rings. The fourth-order valence-electron chi connectivity index (χ4n) is 2.00. The summed E-state index contributed by atoms with van der Waals surface area (Å²) in [5.74, 6) is -0.223. The van der Waals surface area contributed by atoms with E-state index in [1.54, 1.807) is 30.5 Å². The van der Waals surface area contributed by atoms with E-state index < -0.39 is 0 Å². The van der Waals surface area contributed by atoms with Crippen molar-refractivity contribution in [3.8, 4) is 0 Å². The Morgan fingerprint density at radius 1 is 1.10 bits per heavy atom. The summed E-state index contributed by atoms with van der Waals surface area (Å²) >= 11 is 0. The maximum atomic E-state index is 12.2. The van der Waals surface area contributed by atoms with Crippen molar-refractivity contribution in [1.82, 2.24) is 10.3 Å². The highest BCUT2D eigenvalue weighted by atomic mass is 16.1. The quantitative estimate of drug-likeness (QED) is 0.829. The molecule has 0 saturated carbocycles. The molecule has 108 valence electrons. The number of hydrogen-bond donors (Lipinski definition) is 1. The molecule has 0 aliphatic heterocycles. The predicted octanol–water partition coefficient (Wildman–Crippen LogP) is 2.65. The molecular weight excluding hydrogens is 264 g/mol. The van der Waals surface area contributed by atoms with Gasteiger partial charge in [0.15, 0.2) is 5.78 Å². The number of nitrogens with zero attached hydrogens (tertiary/aromatic N) is 1. The zero-order valence-corrected chi connectivity index (χ0v) is 12.0. The molecule has 21 heavy (non-hydrogen) atoms. The molecule has 1 heterocycles. The Labute approximate surface area is 124 Å². The minimum Gasteiger partial charge on any atom is -0.352 e. The van der Waals surface area contributed by atoms with Crippen molar-refractivity contribution in [3.05, 3.63) is 65.5 Å². The van der Waals surface area contributed by atoms with Crippen molar-refractivity contribution in [3.63, 3.8) is 0 Å². The maximum Gasteiger partial charge on any atom is 0.253 e. The molecule has 0 spiro atoms. The topological polar surface area (TPSA) is 59.1 Å². The summed E-state index contributed by atoms with van der Waals surface area (Å²) < 4.78 is 0. The van der Waals surface area contributed by atoms with Gasteiger partial charge in [0.1, 0.15) is 0 Å². The lowest BCUT2D eigenvalue weighted by Gasteiger charge is -2.08. The molecular formula is C17H18N2O2. The Hall–Kier alpha value is -2.49. The number of ketones is 1. The summed E-state index contributed by atoms with van der Waals surface area (Å²) in [6.07, 6.45) is 2.59. The van der Waals surface area contributed by atoms with Gasteiger partial charge in [0, 0.05) is 18.3 Å². The highest BCUT2D eigenvalue weighted by Gasteiger charge is 2.15. The molecule has 1 aromatic heterocycles. The normalized spacial score (nSPS) is 10.1. The van der Waals surface area contributed by atoms with E-state index in [2.05, 4.69) is 10.3 Å². The molecule has 2 aromatic rings. The third kappa shape index (κ3) is 3.99. The van der Waals surface area contributed by atoms with Gasteiger partial charge in [-0.3, -0.25) is 14.6 Å². The van der Waals surface area contributed by atoms with Crippen molar-refractivity contribution in [2.24, 2.45) is 0 Å². The van der Waals surface area contributed by atoms with E-state index in [4.69, 9.17) is 0 Å². The summed E-state index contributed by atoms with van der Waals surface area (Å²) in [6.45, 7) is 2.60. The Balaban J connectivity index is 2.17. The third-order valence-corrected chi connectivity index (χ3v) is 3.09. The van der Waals surface area contributed by atoms with Crippen molar-refractivity contribution < 1.29 is 9.59 Å². The van der Waals surface area contributed by atoms with Crippen molar-refractivity contribution in [1.29, 1.82) is 0 Å². The molecule has 1 N–H and O–H groups in total. The minimum absolute atomic E-state index is 0.0427. The number of hydrogen-bond acceptors (Lipinski definition) is 3. The van der Waals surface area contributed by atoms with Crippen LogP contribution >= 0.6 is 0 Å². The van der Waals surface area contributed by atoms with E-state index in [0.29, 0.717) is 23.4 Å². The highest BCUT2D eigenvalue weighted by Crippen LogP contribution is 2.10. The first-order valence-electron chi connectivity index (χ1n) is 7.02. The van der Waals surface area contributed by atoms with Gasteiger partial charge in [0.05, 0.1) is 17.7 Å². The molecule has 0 atom stereocenters. The first-order valence-corrected chi connectivity index (χ1v) is 7.02. The van der Waals surface area contributed by atoms with Gasteiger partial charge in [-0.05, 0) is 18.6 Å². The monoisotopic (exact) mass is 282 g/mol. The van der Waals surface area contributed by atoms with E-state index >= 15 is 0 Å². The Kier molecular flexibility index (Phi) is 5.21. The van der Waals surface area contributed by atoms with Crippen LogP contribution in [-0.4, -0.2) is 23.2 Å². The lowest BCUT2D eigenvalue weighted by molar-refractivity contribution is 0.0952. The molecule has 0 aliphatic carbocycles. The van der Waals surface area contributed by atoms with Crippen LogP contribution in [0.2, 0.25) is 0 Å². The number of pyridine rings is 1. The fourth-order valence-corrected chi connectivity index (χ4v) is 2.00. The van der Waals surface area contributed by atoms with Gasteiger partial charge < -0.3 is 5.32 Å².